The van der Waals surface area contributed by atoms with Gasteiger partial charge in [0.25, 0.3) is 0 Å². The van der Waals surface area contributed by atoms with E-state index in [4.69, 9.17) is 9.47 Å². The normalized spacial score (nSPS) is 13.6. The van der Waals surface area contributed by atoms with Gasteiger partial charge in [0, 0.05) is 5.56 Å². The fraction of sp³-hybridized carbons (Fsp3) is 0.176. The molecule has 1 heterocycles. The van der Waals surface area contributed by atoms with Crippen LogP contribution in [0.1, 0.15) is 16.7 Å². The van der Waals surface area contributed by atoms with Gasteiger partial charge in [0.2, 0.25) is 0 Å². The molecule has 20 heavy (non-hydrogen) atoms. The molecule has 0 saturated heterocycles. The van der Waals surface area contributed by atoms with E-state index in [0.29, 0.717) is 23.0 Å². The van der Waals surface area contributed by atoms with Gasteiger partial charge in [-0.25, -0.2) is 0 Å². The van der Waals surface area contributed by atoms with E-state index in [9.17, 15) is 5.11 Å². The lowest BCUT2D eigenvalue weighted by Gasteiger charge is -2.24. The Morgan fingerprint density at radius 2 is 1.50 bits per heavy atom. The standard InChI is InChI=1S/C17H16O3/c1-11-8-14-15(9-12(11)2)20-17(16(10-18)19-14)13-6-4-3-5-7-13/h3-9,18H,10H2,1-2H3. The molecule has 3 rings (SSSR count). The molecule has 3 nitrogen and oxygen atoms in total. The highest BCUT2D eigenvalue weighted by molar-refractivity contribution is 5.68. The van der Waals surface area contributed by atoms with Crippen LogP contribution >= 0.6 is 0 Å². The summed E-state index contributed by atoms with van der Waals surface area (Å²) in [6.07, 6.45) is 0. The molecule has 0 unspecified atom stereocenters. The molecule has 102 valence electrons. The first kappa shape index (κ1) is 12.8. The maximum Gasteiger partial charge on any atom is 0.175 e. The van der Waals surface area contributed by atoms with Gasteiger partial charge in [0.15, 0.2) is 23.0 Å². The third-order valence-corrected chi connectivity index (χ3v) is 3.44. The zero-order valence-electron chi connectivity index (χ0n) is 11.5. The Balaban J connectivity index is 2.07. The lowest BCUT2D eigenvalue weighted by atomic mass is 10.1. The molecular weight excluding hydrogens is 252 g/mol. The Kier molecular flexibility index (Phi) is 3.20. The molecule has 0 aliphatic carbocycles. The average molecular weight is 268 g/mol. The van der Waals surface area contributed by atoms with Gasteiger partial charge in [0.1, 0.15) is 6.61 Å². The highest BCUT2D eigenvalue weighted by Crippen LogP contribution is 2.39. The minimum atomic E-state index is -0.198. The zero-order chi connectivity index (χ0) is 14.1. The van der Waals surface area contributed by atoms with Crippen LogP contribution in [0.15, 0.2) is 48.2 Å². The number of ether oxygens (including phenoxy) is 2. The molecule has 0 aromatic heterocycles. The lowest BCUT2D eigenvalue weighted by Crippen LogP contribution is -2.14. The van der Waals surface area contributed by atoms with Crippen molar-refractivity contribution in [3.63, 3.8) is 0 Å². The monoisotopic (exact) mass is 268 g/mol. The van der Waals surface area contributed by atoms with Crippen LogP contribution in [0.4, 0.5) is 0 Å². The quantitative estimate of drug-likeness (QED) is 0.906. The van der Waals surface area contributed by atoms with E-state index in [1.807, 2.05) is 56.3 Å². The Hall–Kier alpha value is -2.26. The Morgan fingerprint density at radius 1 is 0.900 bits per heavy atom. The molecule has 1 aliphatic heterocycles. The molecule has 0 bridgehead atoms. The van der Waals surface area contributed by atoms with Crippen LogP contribution < -0.4 is 9.47 Å². The van der Waals surface area contributed by atoms with E-state index in [1.54, 1.807) is 0 Å². The molecule has 2 aromatic rings. The van der Waals surface area contributed by atoms with Crippen LogP contribution in [-0.4, -0.2) is 11.7 Å². The minimum Gasteiger partial charge on any atom is -0.451 e. The maximum atomic E-state index is 9.51. The van der Waals surface area contributed by atoms with Crippen LogP contribution in [0.25, 0.3) is 5.76 Å². The second kappa shape index (κ2) is 5.02. The number of fused-ring (bicyclic) bond motifs is 1. The summed E-state index contributed by atoms with van der Waals surface area (Å²) >= 11 is 0. The lowest BCUT2D eigenvalue weighted by molar-refractivity contribution is 0.242. The van der Waals surface area contributed by atoms with E-state index in [0.717, 1.165) is 16.7 Å². The summed E-state index contributed by atoms with van der Waals surface area (Å²) in [6.45, 7) is 3.86. The van der Waals surface area contributed by atoms with Gasteiger partial charge in [-0.1, -0.05) is 30.3 Å². The van der Waals surface area contributed by atoms with Crippen LogP contribution in [0, 0.1) is 13.8 Å². The summed E-state index contributed by atoms with van der Waals surface area (Å²) in [7, 11) is 0. The topological polar surface area (TPSA) is 38.7 Å². The Bertz CT molecular complexity index is 672. The fourth-order valence-corrected chi connectivity index (χ4v) is 2.18. The van der Waals surface area contributed by atoms with Crippen molar-refractivity contribution < 1.29 is 14.6 Å². The SMILES string of the molecule is Cc1cc2c(cc1C)OC(c1ccccc1)=C(CO)O2. The Morgan fingerprint density at radius 3 is 2.10 bits per heavy atom. The van der Waals surface area contributed by atoms with Gasteiger partial charge in [-0.05, 0) is 37.1 Å². The van der Waals surface area contributed by atoms with Crippen molar-refractivity contribution in [2.24, 2.45) is 0 Å². The zero-order valence-corrected chi connectivity index (χ0v) is 11.5. The molecule has 1 N–H and O–H groups in total. The summed E-state index contributed by atoms with van der Waals surface area (Å²) in [4.78, 5) is 0. The van der Waals surface area contributed by atoms with E-state index in [2.05, 4.69) is 0 Å². The van der Waals surface area contributed by atoms with Crippen molar-refractivity contribution in [1.82, 2.24) is 0 Å². The third-order valence-electron chi connectivity index (χ3n) is 3.44. The molecule has 0 fully saturated rings. The number of hydrogen-bond acceptors (Lipinski definition) is 3. The van der Waals surface area contributed by atoms with Gasteiger partial charge >= 0.3 is 0 Å². The summed E-state index contributed by atoms with van der Waals surface area (Å²) in [6, 6.07) is 13.5. The van der Waals surface area contributed by atoms with E-state index < -0.39 is 0 Å². The first-order chi connectivity index (χ1) is 9.69. The third kappa shape index (κ3) is 2.17. The highest BCUT2D eigenvalue weighted by atomic mass is 16.6. The largest absolute Gasteiger partial charge is 0.451 e. The van der Waals surface area contributed by atoms with Gasteiger partial charge in [-0.3, -0.25) is 0 Å². The molecule has 1 aliphatic rings. The minimum absolute atomic E-state index is 0.198. The molecule has 0 amide bonds. The van der Waals surface area contributed by atoms with Crippen molar-refractivity contribution in [2.75, 3.05) is 6.61 Å². The van der Waals surface area contributed by atoms with E-state index >= 15 is 0 Å². The second-order valence-electron chi connectivity index (χ2n) is 4.86. The van der Waals surface area contributed by atoms with Gasteiger partial charge < -0.3 is 14.6 Å². The van der Waals surface area contributed by atoms with Crippen molar-refractivity contribution in [3.8, 4) is 11.5 Å². The van der Waals surface area contributed by atoms with Crippen molar-refractivity contribution in [1.29, 1.82) is 0 Å². The molecule has 2 aromatic carbocycles. The number of benzene rings is 2. The molecule has 0 atom stereocenters. The number of rotatable bonds is 2. The summed E-state index contributed by atoms with van der Waals surface area (Å²) in [5.74, 6) is 2.34. The van der Waals surface area contributed by atoms with E-state index in [-0.39, 0.29) is 6.61 Å². The molecule has 3 heteroatoms. The van der Waals surface area contributed by atoms with Crippen molar-refractivity contribution >= 4 is 5.76 Å². The van der Waals surface area contributed by atoms with Gasteiger partial charge in [0.05, 0.1) is 0 Å². The number of hydrogen-bond donors (Lipinski definition) is 1. The first-order valence-corrected chi connectivity index (χ1v) is 6.55. The average Bonchev–Trinajstić information content (AvgIpc) is 2.48. The smallest absolute Gasteiger partial charge is 0.175 e. The molecular formula is C17H16O3. The molecule has 0 spiro atoms. The first-order valence-electron chi connectivity index (χ1n) is 6.55. The van der Waals surface area contributed by atoms with Crippen LogP contribution in [-0.2, 0) is 0 Å². The summed E-state index contributed by atoms with van der Waals surface area (Å²) in [5, 5.41) is 9.51. The van der Waals surface area contributed by atoms with Gasteiger partial charge in [-0.15, -0.1) is 0 Å². The highest BCUT2D eigenvalue weighted by Gasteiger charge is 2.23. The van der Waals surface area contributed by atoms with Gasteiger partial charge in [-0.2, -0.15) is 0 Å². The number of aliphatic hydroxyl groups excluding tert-OH is 1. The molecule has 0 radical (unpaired) electrons. The summed E-state index contributed by atoms with van der Waals surface area (Å²) in [5.41, 5.74) is 3.17. The summed E-state index contributed by atoms with van der Waals surface area (Å²) < 4.78 is 11.7. The number of aliphatic hydroxyl groups is 1. The molecule has 0 saturated carbocycles. The predicted molar refractivity (Wildman–Crippen MR) is 77.6 cm³/mol. The maximum absolute atomic E-state index is 9.51. The second-order valence-corrected chi connectivity index (χ2v) is 4.86. The van der Waals surface area contributed by atoms with Crippen LogP contribution in [0.3, 0.4) is 0 Å². The Labute approximate surface area is 118 Å². The van der Waals surface area contributed by atoms with Crippen molar-refractivity contribution in [3.05, 3.63) is 64.9 Å². The van der Waals surface area contributed by atoms with Crippen molar-refractivity contribution in [2.45, 2.75) is 13.8 Å². The van der Waals surface area contributed by atoms with E-state index in [1.165, 1.54) is 0 Å². The van der Waals surface area contributed by atoms with Crippen LogP contribution in [0.2, 0.25) is 0 Å². The predicted octanol–water partition coefficient (Wildman–Crippen LogP) is 3.44. The fourth-order valence-electron chi connectivity index (χ4n) is 2.18. The van der Waals surface area contributed by atoms with Crippen LogP contribution in [0.5, 0.6) is 11.5 Å². The number of aryl methyl sites for hydroxylation is 2.